The van der Waals surface area contributed by atoms with Crippen LogP contribution in [0, 0.1) is 0 Å². The molecule has 2 N–H and O–H groups in total. The quantitative estimate of drug-likeness (QED) is 0.0597. The number of hydrogen-bond acceptors (Lipinski definition) is 2. The van der Waals surface area contributed by atoms with Gasteiger partial charge in [-0.05, 0) is 12.8 Å². The lowest BCUT2D eigenvalue weighted by atomic mass is 10.0. The Labute approximate surface area is 420 Å². The largest absolute Gasteiger partial charge is 0.396 e. The van der Waals surface area contributed by atoms with Gasteiger partial charge in [0.05, 0.1) is 0 Å². The lowest BCUT2D eigenvalue weighted by Crippen LogP contribution is -1.85. The summed E-state index contributed by atoms with van der Waals surface area (Å²) in [5.41, 5.74) is 0. The molecule has 0 saturated heterocycles. The second kappa shape index (κ2) is 69.2. The fourth-order valence-corrected chi connectivity index (χ4v) is 10.3. The van der Waals surface area contributed by atoms with Gasteiger partial charge < -0.3 is 10.2 Å². The maximum absolute atomic E-state index is 8.77. The van der Waals surface area contributed by atoms with Crippen molar-refractivity contribution in [2.45, 2.75) is 399 Å². The maximum atomic E-state index is 8.77. The van der Waals surface area contributed by atoms with Crippen molar-refractivity contribution in [1.29, 1.82) is 0 Å². The molecule has 0 aromatic rings. The minimum Gasteiger partial charge on any atom is -0.396 e. The Morgan fingerprint density at radius 3 is 0.273 bits per heavy atom. The highest BCUT2D eigenvalue weighted by Gasteiger charge is 1.99. The molecule has 0 aliphatic heterocycles. The van der Waals surface area contributed by atoms with Crippen LogP contribution in [0.5, 0.6) is 0 Å². The highest BCUT2D eigenvalue weighted by Crippen LogP contribution is 2.19. The van der Waals surface area contributed by atoms with Crippen molar-refractivity contribution in [3.05, 3.63) is 0 Å². The van der Waals surface area contributed by atoms with Crippen LogP contribution in [0.4, 0.5) is 0 Å². The van der Waals surface area contributed by atoms with Crippen molar-refractivity contribution in [3.8, 4) is 0 Å². The molecule has 0 aromatic heterocycles. The van der Waals surface area contributed by atoms with E-state index in [4.69, 9.17) is 10.2 Å². The summed E-state index contributed by atoms with van der Waals surface area (Å²) >= 11 is 0. The highest BCUT2D eigenvalue weighted by atomic mass is 16.3. The third-order valence-electron chi connectivity index (χ3n) is 15.0. The summed E-state index contributed by atoms with van der Waals surface area (Å²) in [6.45, 7) is 5.36. The number of unbranched alkanes of at least 4 members (excludes halogenated alkanes) is 58. The fraction of sp³-hybridized carbons (Fsp3) is 1.00. The minimum atomic E-state index is 0.375. The molecular weight excluding hydrogens is 801 g/mol. The van der Waals surface area contributed by atoms with E-state index >= 15 is 0 Å². The Balaban J connectivity index is 0. The van der Waals surface area contributed by atoms with Crippen molar-refractivity contribution in [2.24, 2.45) is 0 Å². The topological polar surface area (TPSA) is 40.5 Å². The molecule has 0 aliphatic carbocycles. The van der Waals surface area contributed by atoms with Crippen LogP contribution < -0.4 is 0 Å². The van der Waals surface area contributed by atoms with Gasteiger partial charge in [-0.1, -0.05) is 386 Å². The van der Waals surface area contributed by atoms with E-state index in [0.29, 0.717) is 13.2 Å². The average molecular weight is 934 g/mol. The number of aliphatic hydroxyl groups excluding tert-OH is 2. The fourth-order valence-electron chi connectivity index (χ4n) is 10.3. The Morgan fingerprint density at radius 2 is 0.197 bits per heavy atom. The summed E-state index contributed by atoms with van der Waals surface area (Å²) in [6, 6.07) is 0. The van der Waals surface area contributed by atoms with Gasteiger partial charge in [-0.3, -0.25) is 0 Å². The standard InChI is InChI=1S/2C32H66O/c2*1-2-3-4-5-6-7-8-9-10-11-12-13-14-15-16-17-18-19-20-21-22-23-24-25-26-27-28-29-30-31-32-33/h2*33H,2-32H2,1H3. The second-order valence-corrected chi connectivity index (χ2v) is 22.0. The molecular formula is C64H132O2. The van der Waals surface area contributed by atoms with Gasteiger partial charge in [0.15, 0.2) is 0 Å². The Morgan fingerprint density at radius 1 is 0.121 bits per heavy atom. The molecule has 66 heavy (non-hydrogen) atoms. The molecule has 0 heterocycles. The van der Waals surface area contributed by atoms with Gasteiger partial charge in [-0.2, -0.15) is 0 Å². The first-order valence-electron chi connectivity index (χ1n) is 32.0. The van der Waals surface area contributed by atoms with E-state index in [0.717, 1.165) is 12.8 Å². The Bertz CT molecular complexity index is 629. The molecule has 0 rings (SSSR count). The molecule has 0 atom stereocenters. The van der Waals surface area contributed by atoms with Gasteiger partial charge in [-0.15, -0.1) is 0 Å². The van der Waals surface area contributed by atoms with E-state index in [2.05, 4.69) is 13.8 Å². The number of rotatable bonds is 60. The molecule has 0 saturated carbocycles. The van der Waals surface area contributed by atoms with Crippen molar-refractivity contribution >= 4 is 0 Å². The zero-order valence-corrected chi connectivity index (χ0v) is 46.7. The van der Waals surface area contributed by atoms with E-state index in [-0.39, 0.29) is 0 Å². The van der Waals surface area contributed by atoms with Crippen LogP contribution in [-0.4, -0.2) is 23.4 Å². The summed E-state index contributed by atoms with van der Waals surface area (Å²) < 4.78 is 0. The van der Waals surface area contributed by atoms with E-state index in [1.54, 1.807) is 0 Å². The zero-order valence-electron chi connectivity index (χ0n) is 46.7. The van der Waals surface area contributed by atoms with E-state index in [1.165, 1.54) is 372 Å². The zero-order chi connectivity index (χ0) is 47.8. The minimum absolute atomic E-state index is 0.375. The maximum Gasteiger partial charge on any atom is 0.0431 e. The number of aliphatic hydroxyl groups is 2. The normalized spacial score (nSPS) is 11.5. The van der Waals surface area contributed by atoms with Gasteiger partial charge in [0.25, 0.3) is 0 Å². The molecule has 0 radical (unpaired) electrons. The SMILES string of the molecule is CCCCCCCCCCCCCCCCCCCCCCCCCCCCCCCCO.CCCCCCCCCCCCCCCCCCCCCCCCCCCCCCCCO. The highest BCUT2D eigenvalue weighted by molar-refractivity contribution is 4.55. The lowest BCUT2D eigenvalue weighted by molar-refractivity contribution is 0.282. The van der Waals surface area contributed by atoms with Crippen LogP contribution in [-0.2, 0) is 0 Å². The van der Waals surface area contributed by atoms with E-state index < -0.39 is 0 Å². The second-order valence-electron chi connectivity index (χ2n) is 22.0. The van der Waals surface area contributed by atoms with Crippen molar-refractivity contribution in [2.75, 3.05) is 13.2 Å². The molecule has 0 spiro atoms. The lowest BCUT2D eigenvalue weighted by Gasteiger charge is -2.04. The van der Waals surface area contributed by atoms with Crippen molar-refractivity contribution in [1.82, 2.24) is 0 Å². The third-order valence-corrected chi connectivity index (χ3v) is 15.0. The van der Waals surface area contributed by atoms with Gasteiger partial charge in [-0.25, -0.2) is 0 Å². The first-order valence-corrected chi connectivity index (χ1v) is 32.0. The smallest absolute Gasteiger partial charge is 0.0431 e. The van der Waals surface area contributed by atoms with Crippen molar-refractivity contribution < 1.29 is 10.2 Å². The summed E-state index contributed by atoms with van der Waals surface area (Å²) in [4.78, 5) is 0. The Kier molecular flexibility index (Phi) is 71.3. The van der Waals surface area contributed by atoms with Crippen LogP contribution in [0.1, 0.15) is 399 Å². The molecule has 400 valence electrons. The molecule has 0 aliphatic rings. The van der Waals surface area contributed by atoms with Gasteiger partial charge in [0.1, 0.15) is 0 Å². The molecule has 2 heteroatoms. The van der Waals surface area contributed by atoms with Gasteiger partial charge in [0, 0.05) is 13.2 Å². The summed E-state index contributed by atoms with van der Waals surface area (Å²) in [5, 5.41) is 17.5. The molecule has 0 aromatic carbocycles. The summed E-state index contributed by atoms with van der Waals surface area (Å²) in [7, 11) is 0. The van der Waals surface area contributed by atoms with Gasteiger partial charge in [0.2, 0.25) is 0 Å². The van der Waals surface area contributed by atoms with Crippen LogP contribution in [0.15, 0.2) is 0 Å². The summed E-state index contributed by atoms with van der Waals surface area (Å²) in [6.07, 6.45) is 86.1. The molecule has 0 fully saturated rings. The molecule has 0 amide bonds. The third kappa shape index (κ3) is 70.5. The van der Waals surface area contributed by atoms with E-state index in [9.17, 15) is 0 Å². The van der Waals surface area contributed by atoms with E-state index in [1.807, 2.05) is 0 Å². The van der Waals surface area contributed by atoms with Crippen LogP contribution in [0.2, 0.25) is 0 Å². The van der Waals surface area contributed by atoms with Crippen LogP contribution in [0.25, 0.3) is 0 Å². The first-order chi connectivity index (χ1) is 32.8. The average Bonchev–Trinajstić information content (AvgIpc) is 3.33. The Hall–Kier alpha value is -0.0800. The summed E-state index contributed by atoms with van der Waals surface area (Å²) in [5.74, 6) is 0. The van der Waals surface area contributed by atoms with Gasteiger partial charge >= 0.3 is 0 Å². The van der Waals surface area contributed by atoms with Crippen LogP contribution in [0.3, 0.4) is 0 Å². The number of hydrogen-bond donors (Lipinski definition) is 2. The van der Waals surface area contributed by atoms with Crippen molar-refractivity contribution in [3.63, 3.8) is 0 Å². The predicted molar refractivity (Wildman–Crippen MR) is 303 cm³/mol. The predicted octanol–water partition coefficient (Wildman–Crippen LogP) is 23.4. The first kappa shape index (κ1) is 68.0. The molecule has 0 unspecified atom stereocenters. The molecule has 2 nitrogen and oxygen atoms in total. The molecule has 0 bridgehead atoms. The monoisotopic (exact) mass is 933 g/mol. The van der Waals surface area contributed by atoms with Crippen LogP contribution >= 0.6 is 0 Å².